The molecule has 10 heteroatoms. The van der Waals surface area contributed by atoms with Gasteiger partial charge in [-0.2, -0.15) is 10.1 Å². The van der Waals surface area contributed by atoms with Crippen LogP contribution >= 0.6 is 0 Å². The van der Waals surface area contributed by atoms with Gasteiger partial charge in [-0.1, -0.05) is 29.8 Å². The van der Waals surface area contributed by atoms with Crippen molar-refractivity contribution in [3.05, 3.63) is 52.3 Å². The van der Waals surface area contributed by atoms with Crippen molar-refractivity contribution in [2.24, 2.45) is 0 Å². The lowest BCUT2D eigenvalue weighted by molar-refractivity contribution is -0.118. The second kappa shape index (κ2) is 9.43. The molecular weight excluding hydrogens is 410 g/mol. The molecule has 1 fully saturated rings. The summed E-state index contributed by atoms with van der Waals surface area (Å²) >= 11 is 0. The molecule has 10 nitrogen and oxygen atoms in total. The van der Waals surface area contributed by atoms with Crippen molar-refractivity contribution < 1.29 is 14.3 Å². The van der Waals surface area contributed by atoms with E-state index in [1.807, 2.05) is 24.3 Å². The Morgan fingerprint density at radius 2 is 2.16 bits per heavy atom. The van der Waals surface area contributed by atoms with Gasteiger partial charge in [-0.3, -0.25) is 9.89 Å². The van der Waals surface area contributed by atoms with Gasteiger partial charge < -0.3 is 25.5 Å². The molecule has 0 spiro atoms. The predicted molar refractivity (Wildman–Crippen MR) is 120 cm³/mol. The van der Waals surface area contributed by atoms with E-state index in [0.29, 0.717) is 22.9 Å². The van der Waals surface area contributed by atoms with Crippen molar-refractivity contribution in [1.29, 1.82) is 0 Å². The Morgan fingerprint density at radius 1 is 1.38 bits per heavy atom. The Hall–Kier alpha value is -4.00. The molecule has 1 atom stereocenters. The van der Waals surface area contributed by atoms with Gasteiger partial charge in [-0.05, 0) is 31.9 Å². The smallest absolute Gasteiger partial charge is 0.348 e. The lowest BCUT2D eigenvalue weighted by atomic mass is 10.0. The van der Waals surface area contributed by atoms with E-state index >= 15 is 0 Å². The molecule has 0 saturated heterocycles. The highest BCUT2D eigenvalue weighted by molar-refractivity contribution is 5.96. The van der Waals surface area contributed by atoms with Crippen LogP contribution in [0.1, 0.15) is 44.3 Å². The number of benzene rings is 1. The number of fused-ring (bicyclic) bond motifs is 1. The summed E-state index contributed by atoms with van der Waals surface area (Å²) in [6.45, 7) is 7.66. The topological polar surface area (TPSA) is 132 Å². The fraction of sp³-hybridized carbons (Fsp3) is 0.364. The number of allylic oxidation sites excluding steroid dienone is 1. The summed E-state index contributed by atoms with van der Waals surface area (Å²) in [5.74, 6) is -0.412. The normalized spacial score (nSPS) is 15.8. The zero-order valence-electron chi connectivity index (χ0n) is 17.8. The number of amides is 1. The number of anilines is 1. The number of hydrogen-bond acceptors (Lipinski definition) is 7. The van der Waals surface area contributed by atoms with Crippen molar-refractivity contribution in [3.8, 4) is 12.3 Å². The van der Waals surface area contributed by atoms with Gasteiger partial charge in [-0.25, -0.2) is 0 Å². The SMILES string of the molecule is C#[N+]C(/C(C(=O)NC1CCCC1)=C(/C)NCNc1nc2ccccc2o1)c1[nH]ncc1O. The largest absolute Gasteiger partial charge is 0.504 e. The van der Waals surface area contributed by atoms with Gasteiger partial charge in [0, 0.05) is 11.7 Å². The number of rotatable bonds is 8. The van der Waals surface area contributed by atoms with Crippen LogP contribution in [0.4, 0.5) is 6.01 Å². The molecule has 3 aromatic rings. The fourth-order valence-electron chi connectivity index (χ4n) is 3.91. The van der Waals surface area contributed by atoms with Gasteiger partial charge in [0.1, 0.15) is 11.1 Å². The van der Waals surface area contributed by atoms with Crippen LogP contribution in [0.25, 0.3) is 15.9 Å². The first-order valence-electron chi connectivity index (χ1n) is 10.5. The molecular formula is C22H26N7O3+. The Balaban J connectivity index is 1.54. The van der Waals surface area contributed by atoms with Gasteiger partial charge in [0.25, 0.3) is 18.5 Å². The molecule has 166 valence electrons. The van der Waals surface area contributed by atoms with E-state index in [9.17, 15) is 9.90 Å². The Morgan fingerprint density at radius 3 is 2.84 bits per heavy atom. The Labute approximate surface area is 184 Å². The highest BCUT2D eigenvalue weighted by Crippen LogP contribution is 2.32. The minimum atomic E-state index is -0.921. The van der Waals surface area contributed by atoms with Gasteiger partial charge in [0.15, 0.2) is 17.0 Å². The molecule has 1 aliphatic rings. The number of aromatic nitrogens is 3. The quantitative estimate of drug-likeness (QED) is 0.270. The molecule has 1 saturated carbocycles. The average Bonchev–Trinajstić information content (AvgIpc) is 3.52. The van der Waals surface area contributed by atoms with E-state index in [1.165, 1.54) is 6.20 Å². The number of oxazole rings is 1. The van der Waals surface area contributed by atoms with Crippen LogP contribution in [-0.4, -0.2) is 38.9 Å². The molecule has 0 bridgehead atoms. The molecule has 4 rings (SSSR count). The number of carbonyl (C=O) groups excluding carboxylic acids is 1. The zero-order valence-corrected chi connectivity index (χ0v) is 17.8. The summed E-state index contributed by atoms with van der Waals surface area (Å²) in [5.41, 5.74) is 2.50. The van der Waals surface area contributed by atoms with E-state index < -0.39 is 6.04 Å². The van der Waals surface area contributed by atoms with E-state index in [4.69, 9.17) is 11.0 Å². The first-order valence-corrected chi connectivity index (χ1v) is 10.5. The number of hydrogen-bond donors (Lipinski definition) is 5. The summed E-state index contributed by atoms with van der Waals surface area (Å²) < 4.78 is 5.65. The molecule has 32 heavy (non-hydrogen) atoms. The van der Waals surface area contributed by atoms with E-state index in [2.05, 4.69) is 36.0 Å². The van der Waals surface area contributed by atoms with Crippen LogP contribution in [0.5, 0.6) is 5.75 Å². The minimum absolute atomic E-state index is 0.108. The number of H-pyrrole nitrogens is 1. The van der Waals surface area contributed by atoms with Crippen molar-refractivity contribution in [2.75, 3.05) is 12.0 Å². The maximum atomic E-state index is 13.2. The molecule has 2 aromatic heterocycles. The van der Waals surface area contributed by atoms with Crippen LogP contribution in [0.3, 0.4) is 0 Å². The third-order valence-corrected chi connectivity index (χ3v) is 5.57. The Bertz CT molecular complexity index is 1130. The summed E-state index contributed by atoms with van der Waals surface area (Å²) in [7, 11) is 0. The second-order valence-electron chi connectivity index (χ2n) is 7.73. The van der Waals surface area contributed by atoms with E-state index in [1.54, 1.807) is 6.92 Å². The third-order valence-electron chi connectivity index (χ3n) is 5.57. The standard InChI is InChI=1S/C22H25N7O3/c1-13(24-12-25-22-28-15-9-5-6-10-17(15)32-22)18(21(31)27-14-7-3-4-8-14)20(23-2)19-16(30)11-26-29-19/h2,5-6,9-11,14,20H,3-4,7-8,12H2,1H3,(H4-,24,25,26,27,28,29,30,31)/p+1. The summed E-state index contributed by atoms with van der Waals surface area (Å²) in [6, 6.07) is 7.00. The first-order chi connectivity index (χ1) is 15.6. The van der Waals surface area contributed by atoms with Crippen LogP contribution in [0.15, 0.2) is 46.1 Å². The lowest BCUT2D eigenvalue weighted by Crippen LogP contribution is -2.37. The monoisotopic (exact) mass is 436 g/mol. The van der Waals surface area contributed by atoms with Gasteiger partial charge in [0.2, 0.25) is 0 Å². The second-order valence-corrected chi connectivity index (χ2v) is 7.73. The number of para-hydroxylation sites is 2. The van der Waals surface area contributed by atoms with Crippen LogP contribution < -0.4 is 16.0 Å². The number of carbonyl (C=O) groups is 1. The molecule has 1 unspecified atom stereocenters. The maximum Gasteiger partial charge on any atom is 0.348 e. The number of nitrogens with one attached hydrogen (secondary N) is 4. The average molecular weight is 436 g/mol. The number of aromatic hydroxyl groups is 1. The first kappa shape index (κ1) is 21.2. The van der Waals surface area contributed by atoms with Crippen molar-refractivity contribution in [3.63, 3.8) is 0 Å². The van der Waals surface area contributed by atoms with E-state index in [0.717, 1.165) is 31.2 Å². The molecule has 0 radical (unpaired) electrons. The van der Waals surface area contributed by atoms with Gasteiger partial charge in [0.05, 0.1) is 12.9 Å². The van der Waals surface area contributed by atoms with Crippen molar-refractivity contribution in [2.45, 2.75) is 44.7 Å². The fourth-order valence-corrected chi connectivity index (χ4v) is 3.91. The Kier molecular flexibility index (Phi) is 6.26. The summed E-state index contributed by atoms with van der Waals surface area (Å²) in [6.07, 6.45) is 5.29. The van der Waals surface area contributed by atoms with Gasteiger partial charge >= 0.3 is 6.04 Å². The van der Waals surface area contributed by atoms with Gasteiger partial charge in [-0.15, -0.1) is 0 Å². The predicted octanol–water partition coefficient (Wildman–Crippen LogP) is 3.25. The molecule has 5 N–H and O–H groups in total. The zero-order chi connectivity index (χ0) is 22.5. The lowest BCUT2D eigenvalue weighted by Gasteiger charge is -2.17. The van der Waals surface area contributed by atoms with Crippen LogP contribution in [0.2, 0.25) is 0 Å². The third kappa shape index (κ3) is 4.51. The highest BCUT2D eigenvalue weighted by atomic mass is 16.4. The highest BCUT2D eigenvalue weighted by Gasteiger charge is 2.37. The summed E-state index contributed by atoms with van der Waals surface area (Å²) in [5, 5.41) is 25.9. The van der Waals surface area contributed by atoms with E-state index in [-0.39, 0.29) is 30.1 Å². The van der Waals surface area contributed by atoms with Crippen molar-refractivity contribution >= 4 is 23.0 Å². The van der Waals surface area contributed by atoms with Crippen molar-refractivity contribution in [1.82, 2.24) is 25.8 Å². The number of nitrogens with zero attached hydrogens (tertiary/aromatic N) is 3. The summed E-state index contributed by atoms with van der Waals surface area (Å²) in [4.78, 5) is 21.4. The van der Waals surface area contributed by atoms with Crippen LogP contribution in [0, 0.1) is 6.57 Å². The molecule has 1 aromatic carbocycles. The maximum absolute atomic E-state index is 13.2. The molecule has 1 amide bonds. The molecule has 1 aliphatic carbocycles. The number of aromatic amines is 1. The molecule has 0 aliphatic heterocycles. The van der Waals surface area contributed by atoms with Crippen LogP contribution in [-0.2, 0) is 4.79 Å². The molecule has 2 heterocycles. The minimum Gasteiger partial charge on any atom is -0.504 e.